The molecule has 30 heavy (non-hydrogen) atoms. The summed E-state index contributed by atoms with van der Waals surface area (Å²) in [5.74, 6) is 0.382. The van der Waals surface area contributed by atoms with Crippen molar-refractivity contribution in [1.82, 2.24) is 0 Å². The van der Waals surface area contributed by atoms with Crippen LogP contribution < -0.4 is 15.8 Å². The van der Waals surface area contributed by atoms with E-state index in [2.05, 4.69) is 5.32 Å². The molecule has 1 aliphatic rings. The lowest BCUT2D eigenvalue weighted by Gasteiger charge is -2.21. The first kappa shape index (κ1) is 22.0. The van der Waals surface area contributed by atoms with Crippen molar-refractivity contribution in [1.29, 1.82) is 0 Å². The molecule has 2 amide bonds. The zero-order valence-corrected chi connectivity index (χ0v) is 17.8. The molecule has 0 spiro atoms. The van der Waals surface area contributed by atoms with E-state index in [0.29, 0.717) is 22.4 Å². The van der Waals surface area contributed by atoms with Crippen LogP contribution in [0, 0.1) is 0 Å². The van der Waals surface area contributed by atoms with Crippen molar-refractivity contribution in [2.75, 3.05) is 11.9 Å². The molecule has 7 heteroatoms. The average Bonchev–Trinajstić information content (AvgIpc) is 2.74. The minimum atomic E-state index is -0.879. The van der Waals surface area contributed by atoms with E-state index in [1.54, 1.807) is 24.3 Å². The van der Waals surface area contributed by atoms with Gasteiger partial charge in [0.1, 0.15) is 5.75 Å². The highest BCUT2D eigenvalue weighted by molar-refractivity contribution is 7.84. The van der Waals surface area contributed by atoms with Crippen LogP contribution in [0.5, 0.6) is 5.75 Å². The lowest BCUT2D eigenvalue weighted by atomic mass is 10.0. The van der Waals surface area contributed by atoms with E-state index in [1.807, 2.05) is 24.3 Å². The van der Waals surface area contributed by atoms with Gasteiger partial charge in [-0.05, 0) is 48.2 Å². The molecule has 1 atom stereocenters. The van der Waals surface area contributed by atoms with Crippen molar-refractivity contribution in [2.24, 2.45) is 5.73 Å². The Morgan fingerprint density at radius 1 is 1.03 bits per heavy atom. The monoisotopic (exact) mass is 428 g/mol. The summed E-state index contributed by atoms with van der Waals surface area (Å²) in [4.78, 5) is 23.1. The Balaban J connectivity index is 1.48. The van der Waals surface area contributed by atoms with Gasteiger partial charge in [0, 0.05) is 27.5 Å². The largest absolute Gasteiger partial charge is 0.484 e. The summed E-state index contributed by atoms with van der Waals surface area (Å²) < 4.78 is 18.1. The third-order valence-corrected chi connectivity index (χ3v) is 6.95. The van der Waals surface area contributed by atoms with Crippen LogP contribution in [0.3, 0.4) is 0 Å². The molecule has 1 fully saturated rings. The van der Waals surface area contributed by atoms with Crippen LogP contribution in [0.25, 0.3) is 0 Å². The van der Waals surface area contributed by atoms with Gasteiger partial charge < -0.3 is 15.8 Å². The summed E-state index contributed by atoms with van der Waals surface area (Å²) in [6.45, 7) is -0.132. The normalized spacial score (nSPS) is 15.3. The second-order valence-corrected chi connectivity index (χ2v) is 9.33. The highest BCUT2D eigenvalue weighted by Gasteiger charge is 2.20. The van der Waals surface area contributed by atoms with Crippen LogP contribution in [0.4, 0.5) is 5.69 Å². The van der Waals surface area contributed by atoms with Gasteiger partial charge in [0.05, 0.1) is 6.42 Å². The molecule has 0 aromatic heterocycles. The molecule has 1 saturated carbocycles. The van der Waals surface area contributed by atoms with Gasteiger partial charge in [-0.3, -0.25) is 13.8 Å². The molecule has 6 nitrogen and oxygen atoms in total. The maximum atomic E-state index is 12.6. The van der Waals surface area contributed by atoms with E-state index in [-0.39, 0.29) is 18.9 Å². The molecule has 1 aliphatic carbocycles. The molecular formula is C23H28N2O4S. The van der Waals surface area contributed by atoms with E-state index < -0.39 is 16.7 Å². The molecule has 0 bridgehead atoms. The lowest BCUT2D eigenvalue weighted by molar-refractivity contribution is -0.118. The zero-order valence-electron chi connectivity index (χ0n) is 17.0. The Kier molecular flexibility index (Phi) is 8.02. The minimum Gasteiger partial charge on any atom is -0.484 e. The van der Waals surface area contributed by atoms with Crippen molar-refractivity contribution in [3.63, 3.8) is 0 Å². The van der Waals surface area contributed by atoms with Crippen LogP contribution in [-0.4, -0.2) is 27.9 Å². The number of primary amides is 1. The Morgan fingerprint density at radius 2 is 1.77 bits per heavy atom. The van der Waals surface area contributed by atoms with Gasteiger partial charge in [-0.2, -0.15) is 0 Å². The van der Waals surface area contributed by atoms with Gasteiger partial charge in [-0.1, -0.05) is 43.5 Å². The second-order valence-electron chi connectivity index (χ2n) is 7.61. The first-order chi connectivity index (χ1) is 14.5. The topological polar surface area (TPSA) is 98.5 Å². The number of carbonyl (C=O) groups excluding carboxylic acids is 2. The maximum absolute atomic E-state index is 12.6. The second kappa shape index (κ2) is 10.9. The van der Waals surface area contributed by atoms with Crippen molar-refractivity contribution in [2.45, 2.75) is 49.5 Å². The van der Waals surface area contributed by atoms with Crippen LogP contribution in [-0.2, 0) is 32.6 Å². The molecule has 0 saturated heterocycles. The number of anilines is 1. The third-order valence-electron chi connectivity index (χ3n) is 5.12. The number of hydrogen-bond donors (Lipinski definition) is 2. The number of carbonyl (C=O) groups is 2. The standard InChI is InChI=1S/C23H28N2O4S/c24-22(26)14-17-9-11-20(12-10-17)29-15-23(27)25-19-6-4-5-18(13-19)16-30(28)21-7-2-1-3-8-21/h4-6,9-13,21H,1-3,7-8,14-16H2,(H2,24,26)(H,25,27). The molecule has 3 N–H and O–H groups in total. The molecule has 2 aromatic rings. The average molecular weight is 429 g/mol. The van der Waals surface area contributed by atoms with Gasteiger partial charge in [-0.25, -0.2) is 0 Å². The number of nitrogens with one attached hydrogen (secondary N) is 1. The molecule has 0 radical (unpaired) electrons. The SMILES string of the molecule is NC(=O)Cc1ccc(OCC(=O)Nc2cccc(CS(=O)C3CCCCC3)c2)cc1. The summed E-state index contributed by atoms with van der Waals surface area (Å²) in [5.41, 5.74) is 7.59. The van der Waals surface area contributed by atoms with Gasteiger partial charge in [0.2, 0.25) is 5.91 Å². The fraction of sp³-hybridized carbons (Fsp3) is 0.391. The number of amides is 2. The van der Waals surface area contributed by atoms with Crippen molar-refractivity contribution >= 4 is 28.3 Å². The number of rotatable bonds is 9. The predicted molar refractivity (Wildman–Crippen MR) is 119 cm³/mol. The van der Waals surface area contributed by atoms with Crippen molar-refractivity contribution < 1.29 is 18.5 Å². The van der Waals surface area contributed by atoms with E-state index in [0.717, 1.165) is 24.0 Å². The first-order valence-corrected chi connectivity index (χ1v) is 11.6. The quantitative estimate of drug-likeness (QED) is 0.640. The molecule has 2 aromatic carbocycles. The van der Waals surface area contributed by atoms with E-state index in [1.165, 1.54) is 19.3 Å². The molecule has 0 heterocycles. The summed E-state index contributed by atoms with van der Waals surface area (Å²) in [6, 6.07) is 14.4. The van der Waals surface area contributed by atoms with Crippen molar-refractivity contribution in [3.05, 3.63) is 59.7 Å². The molecule has 1 unspecified atom stereocenters. The summed E-state index contributed by atoms with van der Waals surface area (Å²) in [7, 11) is -0.879. The number of ether oxygens (including phenoxy) is 1. The Labute approximate surface area is 179 Å². The Morgan fingerprint density at radius 3 is 2.47 bits per heavy atom. The first-order valence-electron chi connectivity index (χ1n) is 10.3. The van der Waals surface area contributed by atoms with E-state index in [4.69, 9.17) is 10.5 Å². The maximum Gasteiger partial charge on any atom is 0.262 e. The number of nitrogens with two attached hydrogens (primary N) is 1. The summed E-state index contributed by atoms with van der Waals surface area (Å²) in [6.07, 6.45) is 5.84. The summed E-state index contributed by atoms with van der Waals surface area (Å²) in [5, 5.41) is 3.11. The van der Waals surface area contributed by atoms with Gasteiger partial charge >= 0.3 is 0 Å². The zero-order chi connectivity index (χ0) is 21.3. The fourth-order valence-corrected chi connectivity index (χ4v) is 5.20. The van der Waals surface area contributed by atoms with Gasteiger partial charge in [-0.15, -0.1) is 0 Å². The fourth-order valence-electron chi connectivity index (χ4n) is 3.60. The highest BCUT2D eigenvalue weighted by atomic mass is 32.2. The van der Waals surface area contributed by atoms with Crippen LogP contribution in [0.15, 0.2) is 48.5 Å². The molecule has 160 valence electrons. The molecule has 3 rings (SSSR count). The smallest absolute Gasteiger partial charge is 0.262 e. The van der Waals surface area contributed by atoms with E-state index in [9.17, 15) is 13.8 Å². The molecular weight excluding hydrogens is 400 g/mol. The predicted octanol–water partition coefficient (Wildman–Crippen LogP) is 3.31. The third kappa shape index (κ3) is 6.99. The molecule has 0 aliphatic heterocycles. The summed E-state index contributed by atoms with van der Waals surface area (Å²) >= 11 is 0. The van der Waals surface area contributed by atoms with Crippen molar-refractivity contribution in [3.8, 4) is 5.75 Å². The minimum absolute atomic E-state index is 0.132. The number of benzene rings is 2. The Bertz CT molecular complexity index is 892. The Hall–Kier alpha value is -2.67. The number of hydrogen-bond acceptors (Lipinski definition) is 4. The van der Waals surface area contributed by atoms with Crippen LogP contribution in [0.1, 0.15) is 43.2 Å². The van der Waals surface area contributed by atoms with Crippen LogP contribution in [0.2, 0.25) is 0 Å². The highest BCUT2D eigenvalue weighted by Crippen LogP contribution is 2.24. The lowest BCUT2D eigenvalue weighted by Crippen LogP contribution is -2.21. The van der Waals surface area contributed by atoms with E-state index >= 15 is 0 Å². The van der Waals surface area contributed by atoms with Gasteiger partial charge in [0.15, 0.2) is 6.61 Å². The van der Waals surface area contributed by atoms with Gasteiger partial charge in [0.25, 0.3) is 5.91 Å². The van der Waals surface area contributed by atoms with Crippen LogP contribution >= 0.6 is 0 Å².